The summed E-state index contributed by atoms with van der Waals surface area (Å²) in [5, 5.41) is 30.9. The van der Waals surface area contributed by atoms with Crippen molar-refractivity contribution >= 4 is 17.3 Å². The van der Waals surface area contributed by atoms with Crippen LogP contribution in [0.2, 0.25) is 0 Å². The van der Waals surface area contributed by atoms with Gasteiger partial charge < -0.3 is 10.2 Å². The van der Waals surface area contributed by atoms with E-state index in [1.165, 1.54) is 24.3 Å². The van der Waals surface area contributed by atoms with Crippen LogP contribution in [0.25, 0.3) is 0 Å². The van der Waals surface area contributed by atoms with Gasteiger partial charge in [0.05, 0.1) is 11.0 Å². The van der Waals surface area contributed by atoms with Crippen molar-refractivity contribution in [2.75, 3.05) is 4.90 Å². The highest BCUT2D eigenvalue weighted by Crippen LogP contribution is 2.44. The molecule has 1 fully saturated rings. The number of anilines is 1. The number of nitrogens with zero attached hydrogens (tertiary/aromatic N) is 3. The normalized spacial score (nSPS) is 20.4. The molecule has 2 N–H and O–H groups in total. The van der Waals surface area contributed by atoms with E-state index in [9.17, 15) is 25.1 Å². The highest BCUT2D eigenvalue weighted by molar-refractivity contribution is 6.00. The third kappa shape index (κ3) is 3.08. The molecule has 1 saturated heterocycles. The van der Waals surface area contributed by atoms with Crippen molar-refractivity contribution in [2.24, 2.45) is 0 Å². The van der Waals surface area contributed by atoms with E-state index >= 15 is 0 Å². The van der Waals surface area contributed by atoms with Crippen LogP contribution >= 0.6 is 0 Å². The first kappa shape index (κ1) is 19.1. The van der Waals surface area contributed by atoms with Gasteiger partial charge in [-0.3, -0.25) is 24.7 Å². The minimum atomic E-state index is -0.529. The zero-order chi connectivity index (χ0) is 21.7. The molecule has 1 unspecified atom stereocenters. The predicted octanol–water partition coefficient (Wildman–Crippen LogP) is 3.48. The van der Waals surface area contributed by atoms with Crippen LogP contribution in [0.1, 0.15) is 22.9 Å². The van der Waals surface area contributed by atoms with Gasteiger partial charge in [0, 0.05) is 24.4 Å². The molecule has 0 aliphatic carbocycles. The molecule has 5 rings (SSSR count). The highest BCUT2D eigenvalue weighted by atomic mass is 16.6. The van der Waals surface area contributed by atoms with Crippen LogP contribution < -0.4 is 4.90 Å². The monoisotopic (exact) mass is 417 g/mol. The van der Waals surface area contributed by atoms with E-state index in [0.29, 0.717) is 24.2 Å². The molecule has 0 saturated carbocycles. The number of phenolic OH excluding ortho intramolecular Hbond substituents is 2. The topological polar surface area (TPSA) is 107 Å². The number of carbonyl (C=O) groups is 1. The molecular formula is C23H19N3O5. The first-order valence-corrected chi connectivity index (χ1v) is 9.86. The van der Waals surface area contributed by atoms with Crippen molar-refractivity contribution in [1.82, 2.24) is 4.90 Å². The third-order valence-corrected chi connectivity index (χ3v) is 6.00. The Hall–Kier alpha value is -3.91. The van der Waals surface area contributed by atoms with Gasteiger partial charge >= 0.3 is 0 Å². The fourth-order valence-corrected chi connectivity index (χ4v) is 4.50. The van der Waals surface area contributed by atoms with Crippen LogP contribution in [0.3, 0.4) is 0 Å². The Bertz CT molecular complexity index is 1190. The summed E-state index contributed by atoms with van der Waals surface area (Å²) >= 11 is 0. The Labute approximate surface area is 177 Å². The number of hydrogen-bond donors (Lipinski definition) is 2. The lowest BCUT2D eigenvalue weighted by atomic mass is 9.94. The zero-order valence-corrected chi connectivity index (χ0v) is 16.4. The Morgan fingerprint density at radius 2 is 1.65 bits per heavy atom. The van der Waals surface area contributed by atoms with Gasteiger partial charge in [-0.25, -0.2) is 0 Å². The standard InChI is InChI=1S/C23H19N3O5/c27-20-10-5-15(12-21(20)28)22-24-13-16-4-2-1-3-14(16)11-19(24)23(29)25(22)17-6-8-18(9-7-17)26(30)31/h1-10,12,19,22,27-28H,11,13H2/t19-,22?/m0/s1. The number of non-ortho nitro benzene ring substituents is 1. The molecule has 0 spiro atoms. The molecule has 2 atom stereocenters. The highest BCUT2D eigenvalue weighted by Gasteiger charge is 2.49. The van der Waals surface area contributed by atoms with Gasteiger partial charge in [0.2, 0.25) is 5.91 Å². The maximum Gasteiger partial charge on any atom is 0.269 e. The number of hydrogen-bond acceptors (Lipinski definition) is 6. The van der Waals surface area contributed by atoms with E-state index in [2.05, 4.69) is 4.90 Å². The largest absolute Gasteiger partial charge is 0.504 e. The number of benzene rings is 3. The molecule has 0 bridgehead atoms. The number of nitro groups is 1. The summed E-state index contributed by atoms with van der Waals surface area (Å²) in [6, 6.07) is 18.0. The molecule has 8 heteroatoms. The van der Waals surface area contributed by atoms with Crippen molar-refractivity contribution in [3.05, 3.63) is 93.5 Å². The molecule has 0 aromatic heterocycles. The maximum atomic E-state index is 13.5. The Morgan fingerprint density at radius 1 is 0.935 bits per heavy atom. The molecule has 3 aromatic rings. The number of fused-ring (bicyclic) bond motifs is 2. The molecule has 2 heterocycles. The van der Waals surface area contributed by atoms with Crippen molar-refractivity contribution in [2.45, 2.75) is 25.2 Å². The van der Waals surface area contributed by atoms with Gasteiger partial charge in [-0.1, -0.05) is 30.3 Å². The molecule has 1 amide bonds. The number of phenols is 2. The Balaban J connectivity index is 1.62. The Kier molecular flexibility index (Phi) is 4.37. The molecule has 8 nitrogen and oxygen atoms in total. The van der Waals surface area contributed by atoms with E-state index in [0.717, 1.165) is 11.1 Å². The van der Waals surface area contributed by atoms with Gasteiger partial charge in [0.25, 0.3) is 5.69 Å². The van der Waals surface area contributed by atoms with Crippen molar-refractivity contribution < 1.29 is 19.9 Å². The van der Waals surface area contributed by atoms with E-state index in [4.69, 9.17) is 0 Å². The summed E-state index contributed by atoms with van der Waals surface area (Å²) in [5.74, 6) is -0.620. The molecule has 0 radical (unpaired) electrons. The molecule has 3 aromatic carbocycles. The van der Waals surface area contributed by atoms with Crippen LogP contribution in [0, 0.1) is 10.1 Å². The van der Waals surface area contributed by atoms with E-state index in [1.54, 1.807) is 23.1 Å². The van der Waals surface area contributed by atoms with Crippen molar-refractivity contribution in [3.8, 4) is 11.5 Å². The van der Waals surface area contributed by atoms with Gasteiger partial charge in [0.15, 0.2) is 11.5 Å². The zero-order valence-electron chi connectivity index (χ0n) is 16.4. The first-order chi connectivity index (χ1) is 14.9. The van der Waals surface area contributed by atoms with E-state index in [-0.39, 0.29) is 23.1 Å². The molecule has 2 aliphatic heterocycles. The van der Waals surface area contributed by atoms with Crippen molar-refractivity contribution in [1.29, 1.82) is 0 Å². The average molecular weight is 417 g/mol. The minimum absolute atomic E-state index is 0.0562. The molecular weight excluding hydrogens is 398 g/mol. The summed E-state index contributed by atoms with van der Waals surface area (Å²) in [4.78, 5) is 27.8. The molecule has 2 aliphatic rings. The second kappa shape index (κ2) is 7.10. The van der Waals surface area contributed by atoms with Crippen LogP contribution in [-0.2, 0) is 17.8 Å². The summed E-state index contributed by atoms with van der Waals surface area (Å²) < 4.78 is 0. The van der Waals surface area contributed by atoms with Crippen LogP contribution in [0.5, 0.6) is 11.5 Å². The van der Waals surface area contributed by atoms with E-state index in [1.807, 2.05) is 24.3 Å². The Morgan fingerprint density at radius 3 is 2.32 bits per heavy atom. The van der Waals surface area contributed by atoms with Crippen LogP contribution in [0.15, 0.2) is 66.7 Å². The lowest BCUT2D eigenvalue weighted by Crippen LogP contribution is -2.39. The summed E-state index contributed by atoms with van der Waals surface area (Å²) in [6.07, 6.45) is 0.0257. The van der Waals surface area contributed by atoms with Crippen LogP contribution in [0.4, 0.5) is 11.4 Å². The number of rotatable bonds is 3. The van der Waals surface area contributed by atoms with Gasteiger partial charge in [-0.15, -0.1) is 0 Å². The maximum absolute atomic E-state index is 13.5. The quantitative estimate of drug-likeness (QED) is 0.384. The lowest BCUT2D eigenvalue weighted by Gasteiger charge is -2.35. The summed E-state index contributed by atoms with van der Waals surface area (Å²) in [5.41, 5.74) is 3.37. The summed E-state index contributed by atoms with van der Waals surface area (Å²) in [6.45, 7) is 0.544. The van der Waals surface area contributed by atoms with Gasteiger partial charge in [-0.2, -0.15) is 0 Å². The fraction of sp³-hybridized carbons (Fsp3) is 0.174. The SMILES string of the molecule is O=C1[C@@H]2Cc3ccccc3CN2C(c2ccc(O)c(O)c2)N1c1ccc([N+](=O)[O-])cc1. The van der Waals surface area contributed by atoms with Crippen molar-refractivity contribution in [3.63, 3.8) is 0 Å². The molecule has 156 valence electrons. The summed E-state index contributed by atoms with van der Waals surface area (Å²) in [7, 11) is 0. The fourth-order valence-electron chi connectivity index (χ4n) is 4.50. The smallest absolute Gasteiger partial charge is 0.269 e. The van der Waals surface area contributed by atoms with Gasteiger partial charge in [0.1, 0.15) is 6.17 Å². The minimum Gasteiger partial charge on any atom is -0.504 e. The number of nitro benzene ring substituents is 1. The second-order valence-electron chi connectivity index (χ2n) is 7.76. The lowest BCUT2D eigenvalue weighted by molar-refractivity contribution is -0.384. The first-order valence-electron chi connectivity index (χ1n) is 9.86. The third-order valence-electron chi connectivity index (χ3n) is 6.00. The molecule has 31 heavy (non-hydrogen) atoms. The van der Waals surface area contributed by atoms with Crippen LogP contribution in [-0.4, -0.2) is 32.0 Å². The van der Waals surface area contributed by atoms with E-state index < -0.39 is 17.1 Å². The average Bonchev–Trinajstić information content (AvgIpc) is 3.05. The second-order valence-corrected chi connectivity index (χ2v) is 7.76. The van der Waals surface area contributed by atoms with Gasteiger partial charge in [-0.05, 0) is 47.4 Å². The number of amides is 1. The number of aromatic hydroxyl groups is 2. The predicted molar refractivity (Wildman–Crippen MR) is 113 cm³/mol. The number of carbonyl (C=O) groups excluding carboxylic acids is 1.